The largest absolute Gasteiger partial charge is 0.491 e. The van der Waals surface area contributed by atoms with Gasteiger partial charge in [-0.1, -0.05) is 35.9 Å². The first-order chi connectivity index (χ1) is 14.4. The highest BCUT2D eigenvalue weighted by molar-refractivity contribution is 6.32. The van der Waals surface area contributed by atoms with E-state index in [2.05, 4.69) is 14.9 Å². The smallest absolute Gasteiger partial charge is 0.451 e. The number of para-hydroxylation sites is 2. The molecule has 0 unspecified atom stereocenters. The van der Waals surface area contributed by atoms with Gasteiger partial charge in [-0.15, -0.1) is 0 Å². The van der Waals surface area contributed by atoms with E-state index >= 15 is 0 Å². The van der Waals surface area contributed by atoms with Crippen LogP contribution in [0.25, 0.3) is 10.9 Å². The van der Waals surface area contributed by atoms with Crippen LogP contribution in [0.2, 0.25) is 5.02 Å². The van der Waals surface area contributed by atoms with Crippen LogP contribution < -0.4 is 9.64 Å². The summed E-state index contributed by atoms with van der Waals surface area (Å²) < 4.78 is 45.5. The van der Waals surface area contributed by atoms with E-state index in [1.165, 1.54) is 0 Å². The van der Waals surface area contributed by atoms with Gasteiger partial charge in [-0.2, -0.15) is 13.2 Å². The Hall–Kier alpha value is -2.58. The first-order valence-corrected chi connectivity index (χ1v) is 9.98. The standard InChI is InChI=1S/C21H20ClF3N4O/c22-16-6-2-4-8-18(16)30-14-13-28-9-11-29(12-10-28)19-15-5-1-3-7-17(15)26-20(27-19)21(23,24)25/h1-8H,9-14H2. The van der Waals surface area contributed by atoms with E-state index in [1.807, 2.05) is 23.1 Å². The summed E-state index contributed by atoms with van der Waals surface area (Å²) in [6, 6.07) is 14.1. The van der Waals surface area contributed by atoms with Gasteiger partial charge >= 0.3 is 6.18 Å². The third-order valence-electron chi connectivity index (χ3n) is 5.01. The molecule has 9 heteroatoms. The van der Waals surface area contributed by atoms with Crippen molar-refractivity contribution in [3.05, 3.63) is 59.4 Å². The molecule has 1 aliphatic rings. The average molecular weight is 437 g/mol. The fraction of sp³-hybridized carbons (Fsp3) is 0.333. The molecule has 30 heavy (non-hydrogen) atoms. The summed E-state index contributed by atoms with van der Waals surface area (Å²) >= 11 is 6.09. The third kappa shape index (κ3) is 4.60. The molecule has 0 aliphatic carbocycles. The maximum Gasteiger partial charge on any atom is 0.451 e. The Balaban J connectivity index is 1.41. The number of rotatable bonds is 5. The van der Waals surface area contributed by atoms with Crippen molar-refractivity contribution in [2.24, 2.45) is 0 Å². The number of aromatic nitrogens is 2. The molecule has 1 fully saturated rings. The normalized spacial score (nSPS) is 15.5. The minimum Gasteiger partial charge on any atom is -0.491 e. The molecule has 0 bridgehead atoms. The second-order valence-electron chi connectivity index (χ2n) is 6.99. The monoisotopic (exact) mass is 436 g/mol. The molecule has 0 N–H and O–H groups in total. The highest BCUT2D eigenvalue weighted by Crippen LogP contribution is 2.32. The van der Waals surface area contributed by atoms with Gasteiger partial charge in [0.05, 0.1) is 10.5 Å². The molecule has 4 rings (SSSR count). The number of hydrogen-bond donors (Lipinski definition) is 0. The van der Waals surface area contributed by atoms with Crippen LogP contribution in [0.1, 0.15) is 5.82 Å². The van der Waals surface area contributed by atoms with Gasteiger partial charge in [-0.3, -0.25) is 4.90 Å². The number of piperazine rings is 1. The van der Waals surface area contributed by atoms with Crippen LogP contribution in [0.5, 0.6) is 5.75 Å². The highest BCUT2D eigenvalue weighted by Gasteiger charge is 2.36. The van der Waals surface area contributed by atoms with Crippen LogP contribution in [0.4, 0.5) is 19.0 Å². The fourth-order valence-corrected chi connectivity index (χ4v) is 3.65. The quantitative estimate of drug-likeness (QED) is 0.589. The number of halogens is 4. The van der Waals surface area contributed by atoms with Gasteiger partial charge in [0.25, 0.3) is 0 Å². The van der Waals surface area contributed by atoms with Crippen molar-refractivity contribution in [3.63, 3.8) is 0 Å². The van der Waals surface area contributed by atoms with Crippen molar-refractivity contribution in [1.29, 1.82) is 0 Å². The molecule has 5 nitrogen and oxygen atoms in total. The molecule has 0 atom stereocenters. The lowest BCUT2D eigenvalue weighted by Gasteiger charge is -2.35. The summed E-state index contributed by atoms with van der Waals surface area (Å²) in [4.78, 5) is 11.7. The number of anilines is 1. The van der Waals surface area contributed by atoms with Gasteiger partial charge < -0.3 is 9.64 Å². The molecular formula is C21H20ClF3N4O. The van der Waals surface area contributed by atoms with E-state index in [0.29, 0.717) is 66.8 Å². The molecule has 2 aromatic carbocycles. The summed E-state index contributed by atoms with van der Waals surface area (Å²) in [5, 5.41) is 1.19. The lowest BCUT2D eigenvalue weighted by molar-refractivity contribution is -0.144. The molecular weight excluding hydrogens is 417 g/mol. The van der Waals surface area contributed by atoms with Crippen LogP contribution in [0.15, 0.2) is 48.5 Å². The zero-order valence-electron chi connectivity index (χ0n) is 16.1. The predicted molar refractivity (Wildman–Crippen MR) is 110 cm³/mol. The summed E-state index contributed by atoms with van der Waals surface area (Å²) in [7, 11) is 0. The fourth-order valence-electron chi connectivity index (χ4n) is 3.46. The van der Waals surface area contributed by atoms with Crippen LogP contribution in [-0.4, -0.2) is 54.2 Å². The van der Waals surface area contributed by atoms with Crippen LogP contribution >= 0.6 is 11.6 Å². The van der Waals surface area contributed by atoms with Crippen molar-refractivity contribution in [2.75, 3.05) is 44.2 Å². The van der Waals surface area contributed by atoms with Gasteiger partial charge in [0, 0.05) is 38.1 Å². The molecule has 158 valence electrons. The van der Waals surface area contributed by atoms with Crippen molar-refractivity contribution in [3.8, 4) is 5.75 Å². The summed E-state index contributed by atoms with van der Waals surface area (Å²) in [5.74, 6) is -0.128. The Morgan fingerprint density at radius 2 is 1.63 bits per heavy atom. The molecule has 0 amide bonds. The Morgan fingerprint density at radius 1 is 0.933 bits per heavy atom. The molecule has 3 aromatic rings. The first-order valence-electron chi connectivity index (χ1n) is 9.60. The lowest BCUT2D eigenvalue weighted by Crippen LogP contribution is -2.48. The Bertz CT molecular complexity index is 1020. The zero-order valence-corrected chi connectivity index (χ0v) is 16.8. The molecule has 0 radical (unpaired) electrons. The van der Waals surface area contributed by atoms with E-state index in [-0.39, 0.29) is 0 Å². The Labute approximate surface area is 177 Å². The van der Waals surface area contributed by atoms with Gasteiger partial charge in [0.2, 0.25) is 5.82 Å². The SMILES string of the molecule is FC(F)(F)c1nc(N2CCN(CCOc3ccccc3Cl)CC2)c2ccccc2n1. The van der Waals surface area contributed by atoms with E-state index in [1.54, 1.807) is 30.3 Å². The van der Waals surface area contributed by atoms with E-state index in [0.717, 1.165) is 0 Å². The topological polar surface area (TPSA) is 41.5 Å². The van der Waals surface area contributed by atoms with Crippen molar-refractivity contribution >= 4 is 28.3 Å². The number of ether oxygens (including phenoxy) is 1. The summed E-state index contributed by atoms with van der Waals surface area (Å²) in [6.45, 7) is 3.74. The maximum atomic E-state index is 13.3. The second-order valence-corrected chi connectivity index (χ2v) is 7.40. The number of nitrogens with zero attached hydrogens (tertiary/aromatic N) is 4. The zero-order chi connectivity index (χ0) is 21.1. The molecule has 2 heterocycles. The average Bonchev–Trinajstić information content (AvgIpc) is 2.74. The predicted octanol–water partition coefficient (Wildman–Crippen LogP) is 4.50. The highest BCUT2D eigenvalue weighted by atomic mass is 35.5. The molecule has 1 saturated heterocycles. The minimum atomic E-state index is -4.59. The van der Waals surface area contributed by atoms with Gasteiger partial charge in [-0.25, -0.2) is 9.97 Å². The second kappa shape index (κ2) is 8.65. The summed E-state index contributed by atoms with van der Waals surface area (Å²) in [6.07, 6.45) is -4.59. The minimum absolute atomic E-state index is 0.297. The number of hydrogen-bond acceptors (Lipinski definition) is 5. The van der Waals surface area contributed by atoms with E-state index < -0.39 is 12.0 Å². The summed E-state index contributed by atoms with van der Waals surface area (Å²) in [5.41, 5.74) is 0.297. The van der Waals surface area contributed by atoms with Gasteiger partial charge in [0.15, 0.2) is 0 Å². The van der Waals surface area contributed by atoms with Crippen LogP contribution in [0, 0.1) is 0 Å². The van der Waals surface area contributed by atoms with Crippen LogP contribution in [0.3, 0.4) is 0 Å². The first kappa shape index (κ1) is 20.7. The number of fused-ring (bicyclic) bond motifs is 1. The van der Waals surface area contributed by atoms with Crippen molar-refractivity contribution in [1.82, 2.24) is 14.9 Å². The molecule has 0 saturated carbocycles. The third-order valence-corrected chi connectivity index (χ3v) is 5.32. The number of benzene rings is 2. The van der Waals surface area contributed by atoms with E-state index in [4.69, 9.17) is 16.3 Å². The van der Waals surface area contributed by atoms with Gasteiger partial charge in [-0.05, 0) is 24.3 Å². The van der Waals surface area contributed by atoms with Crippen molar-refractivity contribution in [2.45, 2.75) is 6.18 Å². The Morgan fingerprint density at radius 3 is 2.37 bits per heavy atom. The number of alkyl halides is 3. The molecule has 1 aromatic heterocycles. The van der Waals surface area contributed by atoms with Crippen LogP contribution in [-0.2, 0) is 6.18 Å². The Kier molecular flexibility index (Phi) is 5.97. The van der Waals surface area contributed by atoms with Gasteiger partial charge in [0.1, 0.15) is 18.2 Å². The van der Waals surface area contributed by atoms with Crippen molar-refractivity contribution < 1.29 is 17.9 Å². The molecule has 1 aliphatic heterocycles. The molecule has 0 spiro atoms. The maximum absolute atomic E-state index is 13.3. The van der Waals surface area contributed by atoms with E-state index in [9.17, 15) is 13.2 Å². The lowest BCUT2D eigenvalue weighted by atomic mass is 10.2.